The zero-order valence-corrected chi connectivity index (χ0v) is 16.3. The molecule has 0 spiro atoms. The first-order valence-electron chi connectivity index (χ1n) is 8.12. The summed E-state index contributed by atoms with van der Waals surface area (Å²) in [5.74, 6) is 1.27. The van der Waals surface area contributed by atoms with E-state index in [1.807, 2.05) is 38.1 Å². The molecule has 0 saturated heterocycles. The van der Waals surface area contributed by atoms with E-state index in [4.69, 9.17) is 4.42 Å². The molecule has 1 N–H and O–H groups in total. The van der Waals surface area contributed by atoms with Crippen molar-refractivity contribution in [3.63, 3.8) is 0 Å². The Kier molecular flexibility index (Phi) is 5.95. The number of carbonyl (C=O) groups excluding carboxylic acids is 1. The number of thioether (sulfide) groups is 1. The summed E-state index contributed by atoms with van der Waals surface area (Å²) in [5, 5.41) is 12.1. The number of nitrogens with one attached hydrogen (secondary N) is 1. The zero-order valence-electron chi connectivity index (χ0n) is 14.7. The molecule has 136 valence electrons. The Bertz CT molecular complexity index is 897. The normalized spacial score (nSPS) is 10.8. The lowest BCUT2D eigenvalue weighted by Crippen LogP contribution is -2.06. The van der Waals surface area contributed by atoms with E-state index < -0.39 is 0 Å². The van der Waals surface area contributed by atoms with Crippen molar-refractivity contribution in [3.05, 3.63) is 59.8 Å². The summed E-state index contributed by atoms with van der Waals surface area (Å²) in [5.41, 5.74) is 2.81. The molecule has 0 amide bonds. The van der Waals surface area contributed by atoms with Gasteiger partial charge in [0.05, 0.1) is 18.6 Å². The van der Waals surface area contributed by atoms with Crippen molar-refractivity contribution in [2.45, 2.75) is 31.3 Å². The largest absolute Gasteiger partial charge is 0.467 e. The average Bonchev–Trinajstić information content (AvgIpc) is 3.35. The number of anilines is 1. The smallest absolute Gasteiger partial charge is 0.206 e. The Hall–Kier alpha value is -2.32. The highest BCUT2D eigenvalue weighted by Crippen LogP contribution is 2.27. The lowest BCUT2D eigenvalue weighted by Gasteiger charge is -2.05. The molecule has 3 rings (SSSR count). The van der Waals surface area contributed by atoms with Gasteiger partial charge in [-0.25, -0.2) is 0 Å². The monoisotopic (exact) mass is 388 g/mol. The predicted octanol–water partition coefficient (Wildman–Crippen LogP) is 4.32. The number of hydrogen-bond acceptors (Lipinski definition) is 7. The molecule has 0 fully saturated rings. The van der Waals surface area contributed by atoms with Crippen LogP contribution >= 0.6 is 23.1 Å². The van der Waals surface area contributed by atoms with Crippen molar-refractivity contribution >= 4 is 34.0 Å². The van der Waals surface area contributed by atoms with E-state index in [1.54, 1.807) is 6.26 Å². The number of furan rings is 1. The Balaban J connectivity index is 1.56. The first kappa shape index (κ1) is 18.5. The molecule has 0 atom stereocenters. The quantitative estimate of drug-likeness (QED) is 0.334. The third-order valence-electron chi connectivity index (χ3n) is 3.91. The summed E-state index contributed by atoms with van der Waals surface area (Å²) in [6, 6.07) is 5.68. The van der Waals surface area contributed by atoms with Crippen LogP contribution in [0.25, 0.3) is 0 Å². The number of aromatic nitrogens is 3. The number of ketones is 1. The van der Waals surface area contributed by atoms with Crippen LogP contribution in [0.2, 0.25) is 0 Å². The third kappa shape index (κ3) is 4.25. The highest BCUT2D eigenvalue weighted by atomic mass is 32.2. The SMILES string of the molecule is C=CCn1c(C)cc(C(=O)CSc2nnc(NCc3ccco3)s2)c1C. The summed E-state index contributed by atoms with van der Waals surface area (Å²) in [7, 11) is 0. The van der Waals surface area contributed by atoms with Gasteiger partial charge in [0.1, 0.15) is 5.76 Å². The lowest BCUT2D eigenvalue weighted by atomic mass is 10.2. The molecule has 26 heavy (non-hydrogen) atoms. The first-order valence-corrected chi connectivity index (χ1v) is 9.92. The fraction of sp³-hybridized carbons (Fsp3) is 0.278. The number of Topliss-reactive ketones (excluding diaryl/α,β-unsaturated/α-hetero) is 1. The van der Waals surface area contributed by atoms with Gasteiger partial charge in [-0.3, -0.25) is 4.79 Å². The number of rotatable bonds is 9. The fourth-order valence-corrected chi connectivity index (χ4v) is 4.24. The summed E-state index contributed by atoms with van der Waals surface area (Å²) in [4.78, 5) is 12.6. The molecule has 0 radical (unpaired) electrons. The number of carbonyl (C=O) groups is 1. The maximum atomic E-state index is 12.6. The van der Waals surface area contributed by atoms with E-state index in [1.165, 1.54) is 23.1 Å². The van der Waals surface area contributed by atoms with E-state index in [-0.39, 0.29) is 5.78 Å². The summed E-state index contributed by atoms with van der Waals surface area (Å²) >= 11 is 2.84. The van der Waals surface area contributed by atoms with Gasteiger partial charge in [0.15, 0.2) is 10.1 Å². The Morgan fingerprint density at radius 1 is 1.46 bits per heavy atom. The Morgan fingerprint density at radius 2 is 2.31 bits per heavy atom. The first-order chi connectivity index (χ1) is 12.6. The molecule has 6 nitrogen and oxygen atoms in total. The van der Waals surface area contributed by atoms with Crippen molar-refractivity contribution in [3.8, 4) is 0 Å². The van der Waals surface area contributed by atoms with Crippen LogP contribution < -0.4 is 5.32 Å². The highest BCUT2D eigenvalue weighted by Gasteiger charge is 2.16. The average molecular weight is 389 g/mol. The minimum absolute atomic E-state index is 0.0960. The molecule has 0 aliphatic heterocycles. The van der Waals surface area contributed by atoms with Crippen molar-refractivity contribution in [1.82, 2.24) is 14.8 Å². The van der Waals surface area contributed by atoms with Crippen LogP contribution in [0, 0.1) is 13.8 Å². The van der Waals surface area contributed by atoms with Crippen LogP contribution in [0.5, 0.6) is 0 Å². The van der Waals surface area contributed by atoms with Gasteiger partial charge < -0.3 is 14.3 Å². The fourth-order valence-electron chi connectivity index (χ4n) is 2.61. The molecular formula is C18H20N4O2S2. The van der Waals surface area contributed by atoms with E-state index in [2.05, 4.69) is 26.7 Å². The van der Waals surface area contributed by atoms with Gasteiger partial charge in [-0.15, -0.1) is 16.8 Å². The van der Waals surface area contributed by atoms with Crippen molar-refractivity contribution in [1.29, 1.82) is 0 Å². The second kappa shape index (κ2) is 8.37. The van der Waals surface area contributed by atoms with Gasteiger partial charge in [-0.2, -0.15) is 0 Å². The van der Waals surface area contributed by atoms with Crippen LogP contribution in [0.1, 0.15) is 27.5 Å². The summed E-state index contributed by atoms with van der Waals surface area (Å²) < 4.78 is 8.12. The van der Waals surface area contributed by atoms with Gasteiger partial charge in [-0.1, -0.05) is 29.2 Å². The molecule has 0 unspecified atom stereocenters. The second-order valence-electron chi connectivity index (χ2n) is 5.70. The van der Waals surface area contributed by atoms with E-state index >= 15 is 0 Å². The molecule has 0 aromatic carbocycles. The molecule has 0 bridgehead atoms. The molecule has 3 aromatic rings. The minimum Gasteiger partial charge on any atom is -0.467 e. The van der Waals surface area contributed by atoms with Crippen molar-refractivity contribution in [2.24, 2.45) is 0 Å². The summed E-state index contributed by atoms with van der Waals surface area (Å²) in [6.07, 6.45) is 3.47. The van der Waals surface area contributed by atoms with Crippen LogP contribution in [-0.4, -0.2) is 26.3 Å². The molecular weight excluding hydrogens is 368 g/mol. The Labute approximate surface area is 160 Å². The van der Waals surface area contributed by atoms with E-state index in [9.17, 15) is 4.79 Å². The van der Waals surface area contributed by atoms with Crippen molar-refractivity contribution < 1.29 is 9.21 Å². The van der Waals surface area contributed by atoms with Gasteiger partial charge >= 0.3 is 0 Å². The van der Waals surface area contributed by atoms with E-state index in [0.29, 0.717) is 24.0 Å². The van der Waals surface area contributed by atoms with Gasteiger partial charge in [0, 0.05) is 23.5 Å². The molecule has 0 aliphatic rings. The third-order valence-corrected chi connectivity index (χ3v) is 5.93. The molecule has 8 heteroatoms. The highest BCUT2D eigenvalue weighted by molar-refractivity contribution is 8.01. The topological polar surface area (TPSA) is 73.0 Å². The van der Waals surface area contributed by atoms with E-state index in [0.717, 1.165) is 27.1 Å². The number of nitrogens with zero attached hydrogens (tertiary/aromatic N) is 3. The second-order valence-corrected chi connectivity index (χ2v) is 7.90. The predicted molar refractivity (Wildman–Crippen MR) is 105 cm³/mol. The van der Waals surface area contributed by atoms with Crippen molar-refractivity contribution in [2.75, 3.05) is 11.1 Å². The van der Waals surface area contributed by atoms with Crippen LogP contribution in [-0.2, 0) is 13.1 Å². The molecule has 3 aromatic heterocycles. The van der Waals surface area contributed by atoms with Gasteiger partial charge in [-0.05, 0) is 32.0 Å². The standard InChI is InChI=1S/C18H20N4O2S2/c1-4-7-22-12(2)9-15(13(22)3)16(23)11-25-18-21-20-17(26-18)19-10-14-6-5-8-24-14/h4-6,8-9H,1,7,10-11H2,2-3H3,(H,19,20). The summed E-state index contributed by atoms with van der Waals surface area (Å²) in [6.45, 7) is 9.00. The van der Waals surface area contributed by atoms with Gasteiger partial charge in [0.2, 0.25) is 5.13 Å². The molecule has 0 aliphatic carbocycles. The lowest BCUT2D eigenvalue weighted by molar-refractivity contribution is 0.102. The van der Waals surface area contributed by atoms with Crippen LogP contribution in [0.4, 0.5) is 5.13 Å². The van der Waals surface area contributed by atoms with Crippen LogP contribution in [0.3, 0.4) is 0 Å². The number of aryl methyl sites for hydroxylation is 1. The van der Waals surface area contributed by atoms with Gasteiger partial charge in [0.25, 0.3) is 0 Å². The number of hydrogen-bond donors (Lipinski definition) is 1. The Morgan fingerprint density at radius 3 is 3.04 bits per heavy atom. The van der Waals surface area contributed by atoms with Crippen LogP contribution in [0.15, 0.2) is 45.9 Å². The maximum Gasteiger partial charge on any atom is 0.206 e. The minimum atomic E-state index is 0.0960. The zero-order chi connectivity index (χ0) is 18.5. The number of allylic oxidation sites excluding steroid dienone is 1. The molecule has 0 saturated carbocycles. The maximum absolute atomic E-state index is 12.6. The molecule has 3 heterocycles.